The van der Waals surface area contributed by atoms with Gasteiger partial charge < -0.3 is 14.8 Å². The first kappa shape index (κ1) is 10.3. The summed E-state index contributed by atoms with van der Waals surface area (Å²) < 4.78 is 10.7. The molecule has 3 heteroatoms. The number of fused-ring (bicyclic) bond motifs is 1. The molecular weight excluding hydrogens is 190 g/mol. The van der Waals surface area contributed by atoms with Gasteiger partial charge in [-0.05, 0) is 37.1 Å². The Morgan fingerprint density at radius 3 is 2.67 bits per heavy atom. The third-order valence-electron chi connectivity index (χ3n) is 3.08. The zero-order valence-electron chi connectivity index (χ0n) is 9.46. The largest absolute Gasteiger partial charge is 0.497 e. The molecule has 1 N–H and O–H groups in total. The van der Waals surface area contributed by atoms with Crippen LogP contribution in [0.15, 0.2) is 12.1 Å². The van der Waals surface area contributed by atoms with E-state index in [0.717, 1.165) is 24.3 Å². The quantitative estimate of drug-likeness (QED) is 0.821. The summed E-state index contributed by atoms with van der Waals surface area (Å²) in [5.74, 6) is 1.81. The normalized spacial score (nSPS) is 18.7. The van der Waals surface area contributed by atoms with Gasteiger partial charge in [0.25, 0.3) is 0 Å². The summed E-state index contributed by atoms with van der Waals surface area (Å²) in [5.41, 5.74) is 2.63. The van der Waals surface area contributed by atoms with Crippen molar-refractivity contribution in [2.75, 3.05) is 21.3 Å². The van der Waals surface area contributed by atoms with Crippen molar-refractivity contribution in [3.05, 3.63) is 23.3 Å². The van der Waals surface area contributed by atoms with Crippen molar-refractivity contribution in [2.45, 2.75) is 18.9 Å². The van der Waals surface area contributed by atoms with Gasteiger partial charge in [-0.3, -0.25) is 0 Å². The molecule has 15 heavy (non-hydrogen) atoms. The predicted molar refractivity (Wildman–Crippen MR) is 59.7 cm³/mol. The predicted octanol–water partition coefficient (Wildman–Crippen LogP) is 1.91. The van der Waals surface area contributed by atoms with E-state index < -0.39 is 0 Å². The molecule has 3 nitrogen and oxygen atoms in total. The lowest BCUT2D eigenvalue weighted by Gasteiger charge is -2.13. The van der Waals surface area contributed by atoms with E-state index in [4.69, 9.17) is 9.47 Å². The van der Waals surface area contributed by atoms with Crippen LogP contribution in [-0.4, -0.2) is 21.3 Å². The van der Waals surface area contributed by atoms with E-state index >= 15 is 0 Å². The maximum atomic E-state index is 5.38. The van der Waals surface area contributed by atoms with Gasteiger partial charge in [0, 0.05) is 12.1 Å². The molecule has 2 rings (SSSR count). The summed E-state index contributed by atoms with van der Waals surface area (Å²) in [6.45, 7) is 0. The van der Waals surface area contributed by atoms with E-state index in [0.29, 0.717) is 6.04 Å². The molecule has 1 aromatic rings. The second kappa shape index (κ2) is 4.11. The van der Waals surface area contributed by atoms with Crippen LogP contribution in [0.4, 0.5) is 0 Å². The molecule has 82 valence electrons. The Balaban J connectivity index is 2.48. The van der Waals surface area contributed by atoms with Gasteiger partial charge >= 0.3 is 0 Å². The van der Waals surface area contributed by atoms with Gasteiger partial charge in [0.2, 0.25) is 0 Å². The minimum Gasteiger partial charge on any atom is -0.497 e. The summed E-state index contributed by atoms with van der Waals surface area (Å²) in [6.07, 6.45) is 2.21. The van der Waals surface area contributed by atoms with Crippen molar-refractivity contribution in [3.8, 4) is 11.5 Å². The fraction of sp³-hybridized carbons (Fsp3) is 0.500. The van der Waals surface area contributed by atoms with Crippen molar-refractivity contribution in [1.29, 1.82) is 0 Å². The van der Waals surface area contributed by atoms with Crippen LogP contribution >= 0.6 is 0 Å². The van der Waals surface area contributed by atoms with Crippen molar-refractivity contribution in [2.24, 2.45) is 0 Å². The summed E-state index contributed by atoms with van der Waals surface area (Å²) in [5, 5.41) is 3.31. The zero-order chi connectivity index (χ0) is 10.8. The van der Waals surface area contributed by atoms with Crippen molar-refractivity contribution >= 4 is 0 Å². The number of benzene rings is 1. The number of ether oxygens (including phenoxy) is 2. The first-order valence-electron chi connectivity index (χ1n) is 5.22. The maximum absolute atomic E-state index is 5.38. The molecule has 0 saturated heterocycles. The lowest BCUT2D eigenvalue weighted by molar-refractivity contribution is 0.391. The van der Waals surface area contributed by atoms with E-state index in [1.54, 1.807) is 14.2 Å². The number of hydrogen-bond donors (Lipinski definition) is 1. The molecule has 0 spiro atoms. The van der Waals surface area contributed by atoms with Crippen LogP contribution in [0.25, 0.3) is 0 Å². The fourth-order valence-corrected chi connectivity index (χ4v) is 2.26. The van der Waals surface area contributed by atoms with Gasteiger partial charge in [-0.2, -0.15) is 0 Å². The SMILES string of the molecule is CNC1CCc2c(OC)cc(OC)cc21. The number of hydrogen-bond acceptors (Lipinski definition) is 3. The van der Waals surface area contributed by atoms with Gasteiger partial charge in [-0.25, -0.2) is 0 Å². The van der Waals surface area contributed by atoms with Crippen LogP contribution in [0.2, 0.25) is 0 Å². The Hall–Kier alpha value is -1.22. The molecule has 1 unspecified atom stereocenters. The average Bonchev–Trinajstić information content (AvgIpc) is 2.70. The van der Waals surface area contributed by atoms with E-state index in [9.17, 15) is 0 Å². The summed E-state index contributed by atoms with van der Waals surface area (Å²) >= 11 is 0. The molecule has 1 atom stereocenters. The fourth-order valence-electron chi connectivity index (χ4n) is 2.26. The Labute approximate surface area is 90.4 Å². The minimum atomic E-state index is 0.434. The topological polar surface area (TPSA) is 30.5 Å². The third-order valence-corrected chi connectivity index (χ3v) is 3.08. The van der Waals surface area contributed by atoms with Crippen LogP contribution in [0.5, 0.6) is 11.5 Å². The molecule has 0 heterocycles. The molecule has 0 bridgehead atoms. The highest BCUT2D eigenvalue weighted by Gasteiger charge is 2.25. The van der Waals surface area contributed by atoms with E-state index in [1.165, 1.54) is 11.1 Å². The molecule has 1 aromatic carbocycles. The highest BCUT2D eigenvalue weighted by Crippen LogP contribution is 2.39. The molecule has 0 aromatic heterocycles. The average molecular weight is 207 g/mol. The minimum absolute atomic E-state index is 0.434. The number of methoxy groups -OCH3 is 2. The van der Waals surface area contributed by atoms with Gasteiger partial charge in [0.15, 0.2) is 0 Å². The number of rotatable bonds is 3. The molecule has 0 amide bonds. The molecular formula is C12H17NO2. The second-order valence-electron chi connectivity index (χ2n) is 3.78. The Morgan fingerprint density at radius 2 is 2.07 bits per heavy atom. The molecule has 0 fully saturated rings. The van der Waals surface area contributed by atoms with Gasteiger partial charge in [-0.15, -0.1) is 0 Å². The van der Waals surface area contributed by atoms with Crippen LogP contribution in [0.1, 0.15) is 23.6 Å². The van der Waals surface area contributed by atoms with Gasteiger partial charge in [0.1, 0.15) is 11.5 Å². The van der Waals surface area contributed by atoms with E-state index in [1.807, 2.05) is 13.1 Å². The number of nitrogens with one attached hydrogen (secondary N) is 1. The molecule has 0 saturated carbocycles. The van der Waals surface area contributed by atoms with Gasteiger partial charge in [0.05, 0.1) is 14.2 Å². The third kappa shape index (κ3) is 1.67. The zero-order valence-corrected chi connectivity index (χ0v) is 9.46. The van der Waals surface area contributed by atoms with Crippen LogP contribution in [-0.2, 0) is 6.42 Å². The van der Waals surface area contributed by atoms with Crippen molar-refractivity contribution in [1.82, 2.24) is 5.32 Å². The first-order chi connectivity index (χ1) is 7.30. The lowest BCUT2D eigenvalue weighted by Crippen LogP contribution is -2.12. The first-order valence-corrected chi connectivity index (χ1v) is 5.22. The molecule has 1 aliphatic carbocycles. The Morgan fingerprint density at radius 1 is 1.27 bits per heavy atom. The molecule has 0 aliphatic heterocycles. The smallest absolute Gasteiger partial charge is 0.126 e. The Bertz CT molecular complexity index is 363. The summed E-state index contributed by atoms with van der Waals surface area (Å²) in [7, 11) is 5.39. The standard InChI is InChI=1S/C12H17NO2/c1-13-11-5-4-9-10(11)6-8(14-2)7-12(9)15-3/h6-7,11,13H,4-5H2,1-3H3. The second-order valence-corrected chi connectivity index (χ2v) is 3.78. The molecule has 0 radical (unpaired) electrons. The highest BCUT2D eigenvalue weighted by molar-refractivity contribution is 5.50. The highest BCUT2D eigenvalue weighted by atomic mass is 16.5. The van der Waals surface area contributed by atoms with Crippen LogP contribution in [0, 0.1) is 0 Å². The van der Waals surface area contributed by atoms with E-state index in [2.05, 4.69) is 11.4 Å². The van der Waals surface area contributed by atoms with Gasteiger partial charge in [-0.1, -0.05) is 0 Å². The summed E-state index contributed by atoms with van der Waals surface area (Å²) in [4.78, 5) is 0. The van der Waals surface area contributed by atoms with Crippen molar-refractivity contribution < 1.29 is 9.47 Å². The lowest BCUT2D eigenvalue weighted by atomic mass is 10.1. The molecule has 1 aliphatic rings. The van der Waals surface area contributed by atoms with E-state index in [-0.39, 0.29) is 0 Å². The summed E-state index contributed by atoms with van der Waals surface area (Å²) in [6, 6.07) is 4.49. The van der Waals surface area contributed by atoms with Crippen LogP contribution < -0.4 is 14.8 Å². The van der Waals surface area contributed by atoms with Crippen molar-refractivity contribution in [3.63, 3.8) is 0 Å². The maximum Gasteiger partial charge on any atom is 0.126 e. The monoisotopic (exact) mass is 207 g/mol. The van der Waals surface area contributed by atoms with Crippen LogP contribution in [0.3, 0.4) is 0 Å². The Kier molecular flexibility index (Phi) is 2.82.